The van der Waals surface area contributed by atoms with Crippen LogP contribution in [-0.4, -0.2) is 66.1 Å². The molecule has 6 nitrogen and oxygen atoms in total. The molecule has 2 amide bonds. The highest BCUT2D eigenvalue weighted by molar-refractivity contribution is 8.18. The van der Waals surface area contributed by atoms with Crippen molar-refractivity contribution < 1.29 is 40.4 Å². The van der Waals surface area contributed by atoms with Gasteiger partial charge in [-0.05, 0) is 61.3 Å². The molecule has 2 fully saturated rings. The molecule has 2 saturated heterocycles. The Morgan fingerprint density at radius 1 is 1.16 bits per heavy atom. The van der Waals surface area contributed by atoms with Gasteiger partial charge in [-0.1, -0.05) is 12.1 Å². The normalized spacial score (nSPS) is 26.7. The van der Waals surface area contributed by atoms with Crippen molar-refractivity contribution in [2.24, 2.45) is 10.9 Å². The van der Waals surface area contributed by atoms with Gasteiger partial charge in [-0.25, -0.2) is 0 Å². The molecule has 0 aromatic heterocycles. The smallest absolute Gasteiger partial charge is 0.354 e. The third kappa shape index (κ3) is 5.94. The number of carbonyl (C=O) groups excluding carboxylic acids is 2. The molecule has 0 spiro atoms. The van der Waals surface area contributed by atoms with Gasteiger partial charge in [0.15, 0.2) is 6.04 Å². The van der Waals surface area contributed by atoms with E-state index >= 15 is 0 Å². The first kappa shape index (κ1) is 28.6. The van der Waals surface area contributed by atoms with Gasteiger partial charge in [0.25, 0.3) is 5.91 Å². The summed E-state index contributed by atoms with van der Waals surface area (Å²) in [4.78, 5) is 31.5. The molecular weight excluding hydrogens is 534 g/mol. The Labute approximate surface area is 220 Å². The van der Waals surface area contributed by atoms with Crippen molar-refractivity contribution in [3.63, 3.8) is 0 Å². The molecule has 1 unspecified atom stereocenters. The Morgan fingerprint density at radius 2 is 1.84 bits per heavy atom. The lowest BCUT2D eigenvalue weighted by atomic mass is 9.95. The minimum Gasteiger partial charge on any atom is -0.354 e. The number of piperidine rings is 1. The summed E-state index contributed by atoms with van der Waals surface area (Å²) < 4.78 is 79.8. The van der Waals surface area contributed by atoms with E-state index in [1.54, 1.807) is 11.9 Å². The molecule has 0 saturated carbocycles. The van der Waals surface area contributed by atoms with Crippen molar-refractivity contribution in [3.8, 4) is 0 Å². The Hall–Kier alpha value is -2.38. The Kier molecular flexibility index (Phi) is 8.02. The molecule has 13 heteroatoms. The van der Waals surface area contributed by atoms with E-state index in [1.165, 1.54) is 0 Å². The van der Waals surface area contributed by atoms with Gasteiger partial charge < -0.3 is 5.32 Å². The number of benzene rings is 1. The number of hydrogen-bond acceptors (Lipinski definition) is 4. The van der Waals surface area contributed by atoms with Crippen LogP contribution in [-0.2, 0) is 23.7 Å². The van der Waals surface area contributed by atoms with E-state index in [0.717, 1.165) is 24.2 Å². The van der Waals surface area contributed by atoms with Crippen LogP contribution < -0.4 is 5.32 Å². The molecule has 3 heterocycles. The van der Waals surface area contributed by atoms with Gasteiger partial charge in [-0.2, -0.15) is 26.3 Å². The number of allylic oxidation sites excluding steroid dienone is 1. The SMILES string of the molecule is CNC(=O)[C@@H]1CCC[N+]1(C)C1=NC(=O)S/C1=C\C1CCN(Cc2ccc(C(F)(F)F)cc2C(F)(F)F)CC1. The Bertz CT molecular complexity index is 1160. The minimum absolute atomic E-state index is 0.0483. The summed E-state index contributed by atoms with van der Waals surface area (Å²) in [5.74, 6) is 0.520. The zero-order valence-corrected chi connectivity index (χ0v) is 21.8. The summed E-state index contributed by atoms with van der Waals surface area (Å²) in [6.07, 6.45) is -5.06. The molecule has 1 aromatic carbocycles. The molecule has 0 bridgehead atoms. The van der Waals surface area contributed by atoms with Crippen molar-refractivity contribution in [1.29, 1.82) is 0 Å². The van der Waals surface area contributed by atoms with Gasteiger partial charge in [-0.15, -0.1) is 4.99 Å². The van der Waals surface area contributed by atoms with Crippen LogP contribution in [0.1, 0.15) is 42.4 Å². The van der Waals surface area contributed by atoms with Crippen molar-refractivity contribution in [2.45, 2.75) is 50.6 Å². The molecular formula is C25H29F6N4O2S+. The second-order valence-corrected chi connectivity index (χ2v) is 11.1. The monoisotopic (exact) mass is 563 g/mol. The predicted octanol–water partition coefficient (Wildman–Crippen LogP) is 5.44. The highest BCUT2D eigenvalue weighted by Crippen LogP contribution is 2.40. The van der Waals surface area contributed by atoms with Gasteiger partial charge in [0.05, 0.1) is 29.6 Å². The third-order valence-electron chi connectivity index (χ3n) is 7.59. The second-order valence-electron chi connectivity index (χ2n) is 10.1. The van der Waals surface area contributed by atoms with E-state index in [1.807, 2.05) is 13.1 Å². The number of hydrogen-bond donors (Lipinski definition) is 1. The number of carbonyl (C=O) groups is 2. The number of aliphatic imine (C=N–C) groups is 1. The largest absolute Gasteiger partial charge is 0.416 e. The molecule has 3 aliphatic rings. The zero-order chi connectivity index (χ0) is 27.9. The fourth-order valence-corrected chi connectivity index (χ4v) is 6.46. The number of rotatable bonds is 4. The Morgan fingerprint density at radius 3 is 2.45 bits per heavy atom. The lowest BCUT2D eigenvalue weighted by molar-refractivity contribution is -0.823. The van der Waals surface area contributed by atoms with Crippen molar-refractivity contribution >= 4 is 28.7 Å². The number of alkyl halides is 6. The van der Waals surface area contributed by atoms with Crippen LogP contribution in [0.25, 0.3) is 0 Å². The zero-order valence-electron chi connectivity index (χ0n) is 21.0. The fraction of sp³-hybridized carbons (Fsp3) is 0.560. The summed E-state index contributed by atoms with van der Waals surface area (Å²) in [7, 11) is 3.48. The van der Waals surface area contributed by atoms with Gasteiger partial charge in [-0.3, -0.25) is 19.0 Å². The summed E-state index contributed by atoms with van der Waals surface area (Å²) in [6.45, 7) is 1.46. The maximum absolute atomic E-state index is 13.5. The van der Waals surface area contributed by atoms with E-state index in [2.05, 4.69) is 10.3 Å². The maximum atomic E-state index is 13.5. The molecule has 208 valence electrons. The van der Waals surface area contributed by atoms with E-state index in [0.29, 0.717) is 55.7 Å². The maximum Gasteiger partial charge on any atom is 0.416 e. The lowest BCUT2D eigenvalue weighted by Crippen LogP contribution is -2.57. The first-order valence-electron chi connectivity index (χ1n) is 12.3. The molecule has 0 radical (unpaired) electrons. The average Bonchev–Trinajstić information content (AvgIpc) is 3.41. The van der Waals surface area contributed by atoms with Gasteiger partial charge >= 0.3 is 17.6 Å². The number of thioether (sulfide) groups is 1. The summed E-state index contributed by atoms with van der Waals surface area (Å²) in [5.41, 5.74) is -2.79. The molecule has 1 N–H and O–H groups in total. The number of halogens is 6. The van der Waals surface area contributed by atoms with Crippen LogP contribution in [0, 0.1) is 5.92 Å². The first-order chi connectivity index (χ1) is 17.7. The Balaban J connectivity index is 1.46. The highest BCUT2D eigenvalue weighted by atomic mass is 32.2. The van der Waals surface area contributed by atoms with E-state index < -0.39 is 23.5 Å². The first-order valence-corrected chi connectivity index (χ1v) is 13.1. The molecule has 1 aromatic rings. The van der Waals surface area contributed by atoms with Gasteiger partial charge in [0.2, 0.25) is 5.84 Å². The van der Waals surface area contributed by atoms with Crippen LogP contribution in [0.3, 0.4) is 0 Å². The van der Waals surface area contributed by atoms with E-state index in [9.17, 15) is 35.9 Å². The number of likely N-dealkylation sites (tertiary alicyclic amines) is 2. The molecule has 2 atom stereocenters. The van der Waals surface area contributed by atoms with Crippen LogP contribution >= 0.6 is 11.8 Å². The quantitative estimate of drug-likeness (QED) is 0.392. The number of amides is 2. The van der Waals surface area contributed by atoms with Gasteiger partial charge in [0.1, 0.15) is 0 Å². The molecule has 4 rings (SSSR count). The number of likely N-dealkylation sites (N-methyl/N-ethyl adjacent to an activating group) is 2. The van der Waals surface area contributed by atoms with Crippen LogP contribution in [0.2, 0.25) is 0 Å². The predicted molar refractivity (Wildman–Crippen MR) is 131 cm³/mol. The standard InChI is InChI=1S/C25H28F6N4O2S/c1-32-22(36)19-4-3-11-35(19,2)21-20(38-23(37)33-21)12-15-7-9-34(10-8-15)14-16-5-6-17(24(26,27)28)13-18(16)25(29,30)31/h5-6,12-13,15,19H,3-4,7-11,14H2,1-2H3/p+1/b20-12-/t19-,35?/m0/s1. The van der Waals surface area contributed by atoms with Crippen LogP contribution in [0.4, 0.5) is 31.1 Å². The average molecular weight is 564 g/mol. The highest BCUT2D eigenvalue weighted by Gasteiger charge is 2.50. The molecule has 38 heavy (non-hydrogen) atoms. The third-order valence-corrected chi connectivity index (χ3v) is 8.40. The summed E-state index contributed by atoms with van der Waals surface area (Å²) in [6, 6.07) is 1.43. The minimum atomic E-state index is -4.90. The van der Waals surface area contributed by atoms with Crippen molar-refractivity contribution in [2.75, 3.05) is 33.7 Å². The van der Waals surface area contributed by atoms with E-state index in [-0.39, 0.29) is 45.8 Å². The lowest BCUT2D eigenvalue weighted by Gasteiger charge is -2.35. The molecule has 0 aliphatic carbocycles. The number of nitrogens with zero attached hydrogens (tertiary/aromatic N) is 3. The summed E-state index contributed by atoms with van der Waals surface area (Å²) >= 11 is 1.03. The number of nitrogens with one attached hydrogen (secondary N) is 1. The second kappa shape index (κ2) is 10.6. The molecule has 3 aliphatic heterocycles. The van der Waals surface area contributed by atoms with Gasteiger partial charge in [0, 0.05) is 26.4 Å². The van der Waals surface area contributed by atoms with E-state index in [4.69, 9.17) is 0 Å². The van der Waals surface area contributed by atoms with Crippen molar-refractivity contribution in [1.82, 2.24) is 10.2 Å². The van der Waals surface area contributed by atoms with Crippen LogP contribution in [0.5, 0.6) is 0 Å². The van der Waals surface area contributed by atoms with Crippen LogP contribution in [0.15, 0.2) is 34.2 Å². The number of amidine groups is 1. The van der Waals surface area contributed by atoms with Crippen molar-refractivity contribution in [3.05, 3.63) is 45.9 Å². The summed E-state index contributed by atoms with van der Waals surface area (Å²) in [5, 5.41) is 2.35. The number of quaternary nitrogens is 1. The topological polar surface area (TPSA) is 61.8 Å². The fourth-order valence-electron chi connectivity index (χ4n) is 5.53.